The second-order valence-electron chi connectivity index (χ2n) is 4.30. The average molecular weight is 275 g/mol. The van der Waals surface area contributed by atoms with Crippen molar-refractivity contribution in [3.05, 3.63) is 17.9 Å². The zero-order valence-corrected chi connectivity index (χ0v) is 11.0. The van der Waals surface area contributed by atoms with Gasteiger partial charge in [-0.3, -0.25) is 0 Å². The Morgan fingerprint density at radius 1 is 1.50 bits per heavy atom. The van der Waals surface area contributed by atoms with E-state index in [0.29, 0.717) is 13.2 Å². The van der Waals surface area contributed by atoms with Crippen LogP contribution in [0.3, 0.4) is 0 Å². The summed E-state index contributed by atoms with van der Waals surface area (Å²) in [6.45, 7) is 0.691. The van der Waals surface area contributed by atoms with Crippen molar-refractivity contribution in [2.75, 3.05) is 20.2 Å². The Morgan fingerprint density at radius 3 is 2.83 bits per heavy atom. The van der Waals surface area contributed by atoms with E-state index < -0.39 is 10.0 Å². The van der Waals surface area contributed by atoms with Crippen LogP contribution < -0.4 is 0 Å². The summed E-state index contributed by atoms with van der Waals surface area (Å²) in [6.07, 6.45) is 1.80. The summed E-state index contributed by atoms with van der Waals surface area (Å²) in [5.41, 5.74) is 0. The molecule has 0 radical (unpaired) electrons. The normalized spacial score (nSPS) is 20.7. The molecule has 0 aromatic carbocycles. The Balaban J connectivity index is 2.09. The summed E-state index contributed by atoms with van der Waals surface area (Å²) in [5, 5.41) is 8.72. The molecule has 6 nitrogen and oxygen atoms in total. The fourth-order valence-corrected chi connectivity index (χ4v) is 3.03. The Morgan fingerprint density at radius 2 is 2.28 bits per heavy atom. The van der Waals surface area contributed by atoms with Crippen molar-refractivity contribution < 1.29 is 22.7 Å². The van der Waals surface area contributed by atoms with Gasteiger partial charge in [0.15, 0.2) is 0 Å². The third kappa shape index (κ3) is 2.74. The summed E-state index contributed by atoms with van der Waals surface area (Å²) in [4.78, 5) is 0. The van der Waals surface area contributed by atoms with Crippen LogP contribution in [0.2, 0.25) is 0 Å². The molecule has 0 amide bonds. The van der Waals surface area contributed by atoms with E-state index in [-0.39, 0.29) is 23.6 Å². The topological polar surface area (TPSA) is 80.0 Å². The number of rotatable bonds is 5. The molecule has 0 saturated carbocycles. The van der Waals surface area contributed by atoms with Gasteiger partial charge in [-0.15, -0.1) is 0 Å². The molecule has 0 aliphatic carbocycles. The zero-order valence-electron chi connectivity index (χ0n) is 10.2. The second kappa shape index (κ2) is 5.40. The van der Waals surface area contributed by atoms with E-state index >= 15 is 0 Å². The van der Waals surface area contributed by atoms with E-state index in [4.69, 9.17) is 14.3 Å². The SMILES string of the molecule is CN(CC1CCCO1)S(=O)(=O)c1ccc(CO)o1. The minimum atomic E-state index is -3.64. The molecule has 2 rings (SSSR count). The van der Waals surface area contributed by atoms with Gasteiger partial charge >= 0.3 is 0 Å². The minimum Gasteiger partial charge on any atom is -0.446 e. The van der Waals surface area contributed by atoms with Crippen molar-refractivity contribution in [1.82, 2.24) is 4.31 Å². The molecule has 0 spiro atoms. The highest BCUT2D eigenvalue weighted by atomic mass is 32.2. The van der Waals surface area contributed by atoms with E-state index in [0.717, 1.165) is 12.8 Å². The number of hydrogen-bond acceptors (Lipinski definition) is 5. The van der Waals surface area contributed by atoms with Gasteiger partial charge in [0.05, 0.1) is 6.10 Å². The van der Waals surface area contributed by atoms with Crippen LogP contribution in [0.4, 0.5) is 0 Å². The van der Waals surface area contributed by atoms with Crippen LogP contribution in [-0.4, -0.2) is 44.1 Å². The maximum Gasteiger partial charge on any atom is 0.276 e. The zero-order chi connectivity index (χ0) is 13.2. The lowest BCUT2D eigenvalue weighted by Crippen LogP contribution is -2.33. The lowest BCUT2D eigenvalue weighted by Gasteiger charge is -2.19. The summed E-state index contributed by atoms with van der Waals surface area (Å²) >= 11 is 0. The highest BCUT2D eigenvalue weighted by molar-refractivity contribution is 7.89. The van der Waals surface area contributed by atoms with Crippen LogP contribution in [0.25, 0.3) is 0 Å². The number of likely N-dealkylation sites (N-methyl/N-ethyl adjacent to an activating group) is 1. The number of aliphatic hydroxyl groups is 1. The molecule has 1 unspecified atom stereocenters. The molecule has 1 atom stereocenters. The molecule has 18 heavy (non-hydrogen) atoms. The van der Waals surface area contributed by atoms with Crippen molar-refractivity contribution in [3.63, 3.8) is 0 Å². The standard InChI is InChI=1S/C11H17NO5S/c1-12(7-9-3-2-6-16-9)18(14,15)11-5-4-10(8-13)17-11/h4-5,9,13H,2-3,6-8H2,1H3. The Hall–Kier alpha value is -0.890. The van der Waals surface area contributed by atoms with Crippen LogP contribution in [0, 0.1) is 0 Å². The summed E-state index contributed by atoms with van der Waals surface area (Å²) in [6, 6.07) is 2.81. The van der Waals surface area contributed by atoms with Crippen molar-refractivity contribution in [2.45, 2.75) is 30.6 Å². The Labute approximate surface area is 106 Å². The molecule has 1 aromatic rings. The molecule has 7 heteroatoms. The predicted octanol–water partition coefficient (Wildman–Crippen LogP) is 0.571. The second-order valence-corrected chi connectivity index (χ2v) is 6.28. The summed E-state index contributed by atoms with van der Waals surface area (Å²) in [5.74, 6) is 0.235. The van der Waals surface area contributed by atoms with Crippen LogP contribution >= 0.6 is 0 Å². The molecule has 1 N–H and O–H groups in total. The van der Waals surface area contributed by atoms with Crippen LogP contribution in [0.5, 0.6) is 0 Å². The molecule has 0 bridgehead atoms. The fourth-order valence-electron chi connectivity index (χ4n) is 1.91. The van der Waals surface area contributed by atoms with Crippen molar-refractivity contribution >= 4 is 10.0 Å². The van der Waals surface area contributed by atoms with E-state index in [1.807, 2.05) is 0 Å². The number of ether oxygens (including phenoxy) is 1. The first kappa shape index (κ1) is 13.5. The predicted molar refractivity (Wildman–Crippen MR) is 63.4 cm³/mol. The van der Waals surface area contributed by atoms with Crippen molar-refractivity contribution in [3.8, 4) is 0 Å². The van der Waals surface area contributed by atoms with Crippen molar-refractivity contribution in [2.24, 2.45) is 0 Å². The van der Waals surface area contributed by atoms with E-state index in [1.54, 1.807) is 0 Å². The number of sulfonamides is 1. The smallest absolute Gasteiger partial charge is 0.276 e. The van der Waals surface area contributed by atoms with E-state index in [9.17, 15) is 8.42 Å². The monoisotopic (exact) mass is 275 g/mol. The van der Waals surface area contributed by atoms with Gasteiger partial charge in [0.25, 0.3) is 10.0 Å². The lowest BCUT2D eigenvalue weighted by molar-refractivity contribution is 0.0975. The number of nitrogens with zero attached hydrogens (tertiary/aromatic N) is 1. The molecule has 1 saturated heterocycles. The van der Waals surface area contributed by atoms with Gasteiger partial charge in [-0.1, -0.05) is 0 Å². The highest BCUT2D eigenvalue weighted by Gasteiger charge is 2.28. The first-order chi connectivity index (χ1) is 8.54. The molecule has 1 aliphatic rings. The van der Waals surface area contributed by atoms with Gasteiger partial charge in [0.2, 0.25) is 5.09 Å². The van der Waals surface area contributed by atoms with Gasteiger partial charge in [0.1, 0.15) is 12.4 Å². The van der Waals surface area contributed by atoms with Gasteiger partial charge in [-0.25, -0.2) is 8.42 Å². The number of aliphatic hydroxyl groups excluding tert-OH is 1. The van der Waals surface area contributed by atoms with Crippen LogP contribution in [0.15, 0.2) is 21.6 Å². The third-order valence-electron chi connectivity index (χ3n) is 2.94. The summed E-state index contributed by atoms with van der Waals surface area (Å²) < 4.78 is 36.0. The van der Waals surface area contributed by atoms with Crippen LogP contribution in [0.1, 0.15) is 18.6 Å². The largest absolute Gasteiger partial charge is 0.446 e. The molecule has 1 fully saturated rings. The highest BCUT2D eigenvalue weighted by Crippen LogP contribution is 2.20. The molecule has 1 aromatic heterocycles. The van der Waals surface area contributed by atoms with E-state index in [1.165, 1.54) is 23.5 Å². The first-order valence-corrected chi connectivity index (χ1v) is 7.25. The number of hydrogen-bond donors (Lipinski definition) is 1. The number of furan rings is 1. The molecule has 2 heterocycles. The maximum absolute atomic E-state index is 12.1. The first-order valence-electron chi connectivity index (χ1n) is 5.81. The van der Waals surface area contributed by atoms with Gasteiger partial charge in [-0.2, -0.15) is 4.31 Å². The third-order valence-corrected chi connectivity index (χ3v) is 4.64. The quantitative estimate of drug-likeness (QED) is 0.850. The molecule has 1 aliphatic heterocycles. The summed E-state index contributed by atoms with van der Waals surface area (Å²) in [7, 11) is -2.14. The van der Waals surface area contributed by atoms with Gasteiger partial charge in [-0.05, 0) is 25.0 Å². The minimum absolute atomic E-state index is 0.0444. The molecular weight excluding hydrogens is 258 g/mol. The Kier molecular flexibility index (Phi) is 4.06. The van der Waals surface area contributed by atoms with E-state index in [2.05, 4.69) is 0 Å². The van der Waals surface area contributed by atoms with Crippen LogP contribution in [-0.2, 0) is 21.4 Å². The van der Waals surface area contributed by atoms with Gasteiger partial charge in [0, 0.05) is 20.2 Å². The van der Waals surface area contributed by atoms with Gasteiger partial charge < -0.3 is 14.3 Å². The molecular formula is C11H17NO5S. The Bertz CT molecular complexity index is 489. The van der Waals surface area contributed by atoms with Crippen molar-refractivity contribution in [1.29, 1.82) is 0 Å². The fraction of sp³-hybridized carbons (Fsp3) is 0.636. The average Bonchev–Trinajstić information content (AvgIpc) is 2.99. The molecule has 102 valence electrons. The lowest BCUT2D eigenvalue weighted by atomic mass is 10.2. The maximum atomic E-state index is 12.1.